The van der Waals surface area contributed by atoms with E-state index in [9.17, 15) is 8.78 Å². The Morgan fingerprint density at radius 1 is 1.15 bits per heavy atom. The summed E-state index contributed by atoms with van der Waals surface area (Å²) < 4.78 is 32.7. The van der Waals surface area contributed by atoms with E-state index in [2.05, 4.69) is 5.32 Å². The van der Waals surface area contributed by atoms with E-state index >= 15 is 0 Å². The maximum absolute atomic E-state index is 13.7. The van der Waals surface area contributed by atoms with Gasteiger partial charge in [-0.2, -0.15) is 0 Å². The second-order valence-corrected chi connectivity index (χ2v) is 6.05. The normalized spacial score (nSPS) is 25.6. The average Bonchev–Trinajstić information content (AvgIpc) is 2.43. The molecule has 1 aromatic carbocycles. The third-order valence-corrected chi connectivity index (χ3v) is 4.55. The molecule has 0 amide bonds. The van der Waals surface area contributed by atoms with Crippen LogP contribution in [-0.2, 0) is 4.74 Å². The van der Waals surface area contributed by atoms with Gasteiger partial charge in [-0.1, -0.05) is 19.3 Å². The molecule has 1 aliphatic carbocycles. The van der Waals surface area contributed by atoms with Gasteiger partial charge in [-0.15, -0.1) is 0 Å². The Hall–Kier alpha value is -1.16. The minimum atomic E-state index is -0.538. The topological polar surface area (TPSA) is 21.3 Å². The number of halogens is 2. The van der Waals surface area contributed by atoms with E-state index in [0.717, 1.165) is 38.4 Å². The van der Waals surface area contributed by atoms with Crippen LogP contribution in [0, 0.1) is 11.6 Å². The zero-order chi connectivity index (χ0) is 14.0. The summed E-state index contributed by atoms with van der Waals surface area (Å²) in [5.74, 6) is -1.06. The molecule has 0 aromatic heterocycles. The lowest BCUT2D eigenvalue weighted by Crippen LogP contribution is -2.45. The van der Waals surface area contributed by atoms with Gasteiger partial charge in [0, 0.05) is 18.7 Å². The molecule has 110 valence electrons. The molecule has 1 spiro atoms. The fourth-order valence-electron chi connectivity index (χ4n) is 3.52. The lowest BCUT2D eigenvalue weighted by Gasteiger charge is -2.44. The van der Waals surface area contributed by atoms with Gasteiger partial charge in [0.05, 0.1) is 11.3 Å². The summed E-state index contributed by atoms with van der Waals surface area (Å²) in [6.45, 7) is 0.723. The van der Waals surface area contributed by atoms with E-state index in [0.29, 0.717) is 5.69 Å². The van der Waals surface area contributed by atoms with Gasteiger partial charge in [-0.25, -0.2) is 8.78 Å². The van der Waals surface area contributed by atoms with Crippen molar-refractivity contribution < 1.29 is 13.5 Å². The highest BCUT2D eigenvalue weighted by Gasteiger charge is 2.38. The van der Waals surface area contributed by atoms with E-state index in [1.54, 1.807) is 0 Å². The van der Waals surface area contributed by atoms with Crippen LogP contribution in [0.5, 0.6) is 0 Å². The standard InChI is InChI=1S/C16H21F2NO/c17-12-4-5-15(14(18)10-12)19-13-6-9-20-16(11-13)7-2-1-3-8-16/h4-5,10,13,19H,1-3,6-9,11H2. The first-order chi connectivity index (χ1) is 9.67. The first-order valence-corrected chi connectivity index (χ1v) is 7.52. The quantitative estimate of drug-likeness (QED) is 0.874. The maximum atomic E-state index is 13.7. The van der Waals surface area contributed by atoms with Gasteiger partial charge in [0.2, 0.25) is 0 Å². The Bertz CT molecular complexity index is 466. The fraction of sp³-hybridized carbons (Fsp3) is 0.625. The Labute approximate surface area is 118 Å². The summed E-state index contributed by atoms with van der Waals surface area (Å²) in [4.78, 5) is 0. The van der Waals surface area contributed by atoms with Crippen molar-refractivity contribution in [2.75, 3.05) is 11.9 Å². The van der Waals surface area contributed by atoms with E-state index in [1.165, 1.54) is 31.4 Å². The van der Waals surface area contributed by atoms with Crippen LogP contribution in [0.15, 0.2) is 18.2 Å². The maximum Gasteiger partial charge on any atom is 0.149 e. The monoisotopic (exact) mass is 281 g/mol. The van der Waals surface area contributed by atoms with Gasteiger partial charge in [0.25, 0.3) is 0 Å². The summed E-state index contributed by atoms with van der Waals surface area (Å²) in [6.07, 6.45) is 7.74. The SMILES string of the molecule is Fc1ccc(NC2CCOC3(CCCCC3)C2)c(F)c1. The van der Waals surface area contributed by atoms with Crippen LogP contribution in [0.1, 0.15) is 44.9 Å². The van der Waals surface area contributed by atoms with Gasteiger partial charge in [-0.05, 0) is 37.8 Å². The molecule has 20 heavy (non-hydrogen) atoms. The second-order valence-electron chi connectivity index (χ2n) is 6.05. The predicted octanol–water partition coefficient (Wildman–Crippen LogP) is 4.26. The van der Waals surface area contributed by atoms with Crippen LogP contribution in [-0.4, -0.2) is 18.2 Å². The molecule has 1 saturated heterocycles. The Morgan fingerprint density at radius 3 is 2.70 bits per heavy atom. The van der Waals surface area contributed by atoms with Crippen molar-refractivity contribution in [3.63, 3.8) is 0 Å². The van der Waals surface area contributed by atoms with E-state index in [1.807, 2.05) is 0 Å². The Morgan fingerprint density at radius 2 is 1.95 bits per heavy atom. The molecule has 1 heterocycles. The number of anilines is 1. The van der Waals surface area contributed by atoms with Crippen LogP contribution in [0.3, 0.4) is 0 Å². The second kappa shape index (κ2) is 5.68. The molecule has 1 unspecified atom stereocenters. The number of nitrogens with one attached hydrogen (secondary N) is 1. The molecule has 1 aliphatic heterocycles. The zero-order valence-corrected chi connectivity index (χ0v) is 11.6. The van der Waals surface area contributed by atoms with Crippen molar-refractivity contribution in [3.05, 3.63) is 29.8 Å². The molecule has 1 N–H and O–H groups in total. The van der Waals surface area contributed by atoms with Crippen LogP contribution in [0.25, 0.3) is 0 Å². The van der Waals surface area contributed by atoms with E-state index < -0.39 is 11.6 Å². The average molecular weight is 281 g/mol. The summed E-state index contributed by atoms with van der Waals surface area (Å²) in [5, 5.41) is 3.23. The molecular formula is C16H21F2NO. The van der Waals surface area contributed by atoms with Crippen molar-refractivity contribution >= 4 is 5.69 Å². The highest BCUT2D eigenvalue weighted by atomic mass is 19.1. The Kier molecular flexibility index (Phi) is 3.92. The molecule has 1 atom stereocenters. The van der Waals surface area contributed by atoms with Crippen molar-refractivity contribution in [2.45, 2.75) is 56.6 Å². The van der Waals surface area contributed by atoms with Crippen molar-refractivity contribution in [1.82, 2.24) is 0 Å². The molecule has 1 saturated carbocycles. The molecule has 4 heteroatoms. The zero-order valence-electron chi connectivity index (χ0n) is 11.6. The molecule has 0 radical (unpaired) electrons. The third kappa shape index (κ3) is 2.95. The lowest BCUT2D eigenvalue weighted by atomic mass is 9.78. The highest BCUT2D eigenvalue weighted by molar-refractivity contribution is 5.45. The van der Waals surface area contributed by atoms with E-state index in [-0.39, 0.29) is 11.6 Å². The van der Waals surface area contributed by atoms with Crippen molar-refractivity contribution in [3.8, 4) is 0 Å². The van der Waals surface area contributed by atoms with Crippen LogP contribution < -0.4 is 5.32 Å². The summed E-state index contributed by atoms with van der Waals surface area (Å²) >= 11 is 0. The van der Waals surface area contributed by atoms with Crippen molar-refractivity contribution in [2.24, 2.45) is 0 Å². The van der Waals surface area contributed by atoms with Gasteiger partial charge in [-0.3, -0.25) is 0 Å². The third-order valence-electron chi connectivity index (χ3n) is 4.55. The minimum absolute atomic E-state index is 0.00925. The largest absolute Gasteiger partial charge is 0.380 e. The smallest absolute Gasteiger partial charge is 0.149 e. The van der Waals surface area contributed by atoms with E-state index in [4.69, 9.17) is 4.74 Å². The Balaban J connectivity index is 1.68. The number of hydrogen-bond acceptors (Lipinski definition) is 2. The molecule has 2 aliphatic rings. The molecule has 3 rings (SSSR count). The summed E-state index contributed by atoms with van der Waals surface area (Å²) in [6, 6.07) is 3.91. The molecule has 0 bridgehead atoms. The molecule has 2 nitrogen and oxygen atoms in total. The molecule has 2 fully saturated rings. The summed E-state index contributed by atoms with van der Waals surface area (Å²) in [5.41, 5.74) is 0.384. The lowest BCUT2D eigenvalue weighted by molar-refractivity contribution is -0.103. The van der Waals surface area contributed by atoms with Gasteiger partial charge in [0.15, 0.2) is 0 Å². The minimum Gasteiger partial charge on any atom is -0.380 e. The predicted molar refractivity (Wildman–Crippen MR) is 74.8 cm³/mol. The number of hydrogen-bond donors (Lipinski definition) is 1. The first kappa shape index (κ1) is 13.8. The van der Waals surface area contributed by atoms with Gasteiger partial charge < -0.3 is 10.1 Å². The van der Waals surface area contributed by atoms with Crippen LogP contribution in [0.4, 0.5) is 14.5 Å². The molecular weight excluding hydrogens is 260 g/mol. The summed E-state index contributed by atoms with van der Waals surface area (Å²) in [7, 11) is 0. The highest BCUT2D eigenvalue weighted by Crippen LogP contribution is 2.39. The first-order valence-electron chi connectivity index (χ1n) is 7.52. The fourth-order valence-corrected chi connectivity index (χ4v) is 3.52. The number of ether oxygens (including phenoxy) is 1. The van der Waals surface area contributed by atoms with Gasteiger partial charge in [0.1, 0.15) is 11.6 Å². The van der Waals surface area contributed by atoms with Gasteiger partial charge >= 0.3 is 0 Å². The number of rotatable bonds is 2. The van der Waals surface area contributed by atoms with Crippen molar-refractivity contribution in [1.29, 1.82) is 0 Å². The van der Waals surface area contributed by atoms with Crippen LogP contribution in [0.2, 0.25) is 0 Å². The number of benzene rings is 1. The van der Waals surface area contributed by atoms with Crippen LogP contribution >= 0.6 is 0 Å². The molecule has 1 aromatic rings.